The zero-order chi connectivity index (χ0) is 15.6. The zero-order valence-electron chi connectivity index (χ0n) is 11.8. The summed E-state index contributed by atoms with van der Waals surface area (Å²) in [5.74, 6) is -0.595. The Morgan fingerprint density at radius 2 is 1.81 bits per heavy atom. The fourth-order valence-corrected chi connectivity index (χ4v) is 3.07. The predicted molar refractivity (Wildman–Crippen MR) is 82.2 cm³/mol. The Labute approximate surface area is 123 Å². The number of hydrogen-bond donors (Lipinski definition) is 2. The first-order valence-corrected chi connectivity index (χ1v) is 7.96. The lowest BCUT2D eigenvalue weighted by molar-refractivity contribution is 0.596. The van der Waals surface area contributed by atoms with Crippen LogP contribution in [-0.2, 0) is 10.0 Å². The first-order chi connectivity index (χ1) is 9.81. The number of rotatable bonds is 4. The van der Waals surface area contributed by atoms with Crippen molar-refractivity contribution in [2.45, 2.75) is 24.7 Å². The molecule has 4 nitrogen and oxygen atoms in total. The molecular formula is C15H17FN2O2S. The van der Waals surface area contributed by atoms with Crippen LogP contribution in [-0.4, -0.2) is 8.42 Å². The van der Waals surface area contributed by atoms with Gasteiger partial charge in [0.1, 0.15) is 5.82 Å². The summed E-state index contributed by atoms with van der Waals surface area (Å²) in [4.78, 5) is -0.159. The van der Waals surface area contributed by atoms with Gasteiger partial charge in [-0.05, 0) is 35.7 Å². The van der Waals surface area contributed by atoms with Gasteiger partial charge in [0, 0.05) is 0 Å². The molecule has 0 saturated heterocycles. The highest BCUT2D eigenvalue weighted by Crippen LogP contribution is 2.26. The van der Waals surface area contributed by atoms with Crippen molar-refractivity contribution in [3.63, 3.8) is 0 Å². The molecule has 2 aromatic rings. The normalized spacial score (nSPS) is 11.6. The van der Waals surface area contributed by atoms with E-state index >= 15 is 0 Å². The quantitative estimate of drug-likeness (QED) is 0.851. The van der Waals surface area contributed by atoms with Gasteiger partial charge >= 0.3 is 0 Å². The number of para-hydroxylation sites is 1. The summed E-state index contributed by atoms with van der Waals surface area (Å²) in [6.07, 6.45) is 0. The molecule has 6 heteroatoms. The summed E-state index contributed by atoms with van der Waals surface area (Å²) in [6, 6.07) is 10.5. The van der Waals surface area contributed by atoms with Crippen LogP contribution < -0.4 is 10.5 Å². The van der Waals surface area contributed by atoms with Crippen LogP contribution in [0.25, 0.3) is 0 Å². The van der Waals surface area contributed by atoms with Gasteiger partial charge in [-0.15, -0.1) is 0 Å². The van der Waals surface area contributed by atoms with Gasteiger partial charge in [-0.2, -0.15) is 0 Å². The minimum atomic E-state index is -3.85. The van der Waals surface area contributed by atoms with Crippen LogP contribution in [0, 0.1) is 5.82 Å². The van der Waals surface area contributed by atoms with Crippen LogP contribution in [0.5, 0.6) is 0 Å². The van der Waals surface area contributed by atoms with Crippen LogP contribution in [0.3, 0.4) is 0 Å². The molecule has 112 valence electrons. The van der Waals surface area contributed by atoms with Crippen molar-refractivity contribution >= 4 is 21.4 Å². The summed E-state index contributed by atoms with van der Waals surface area (Å²) < 4.78 is 40.6. The van der Waals surface area contributed by atoms with Gasteiger partial charge in [0.2, 0.25) is 0 Å². The van der Waals surface area contributed by atoms with Crippen molar-refractivity contribution in [3.8, 4) is 0 Å². The fraction of sp³-hybridized carbons (Fsp3) is 0.200. The highest BCUT2D eigenvalue weighted by Gasteiger charge is 2.18. The molecule has 0 aliphatic rings. The van der Waals surface area contributed by atoms with Gasteiger partial charge in [0.05, 0.1) is 16.3 Å². The lowest BCUT2D eigenvalue weighted by atomic mass is 10.0. The van der Waals surface area contributed by atoms with E-state index in [-0.39, 0.29) is 16.5 Å². The summed E-state index contributed by atoms with van der Waals surface area (Å²) in [5.41, 5.74) is 6.63. The van der Waals surface area contributed by atoms with Crippen molar-refractivity contribution in [1.29, 1.82) is 0 Å². The molecule has 2 rings (SSSR count). The Bertz CT molecular complexity index is 758. The van der Waals surface area contributed by atoms with Gasteiger partial charge in [0.25, 0.3) is 10.0 Å². The van der Waals surface area contributed by atoms with E-state index in [1.165, 1.54) is 12.1 Å². The van der Waals surface area contributed by atoms with E-state index in [0.29, 0.717) is 5.69 Å². The Hall–Kier alpha value is -2.08. The maximum Gasteiger partial charge on any atom is 0.262 e. The first kappa shape index (κ1) is 15.3. The molecule has 0 aliphatic heterocycles. The van der Waals surface area contributed by atoms with Gasteiger partial charge in [-0.3, -0.25) is 4.72 Å². The minimum absolute atomic E-state index is 0.0865. The van der Waals surface area contributed by atoms with E-state index in [9.17, 15) is 12.8 Å². The number of nitrogens with one attached hydrogen (secondary N) is 1. The van der Waals surface area contributed by atoms with Crippen LogP contribution in [0.2, 0.25) is 0 Å². The standard InChI is InChI=1S/C15H17FN2O2S/c1-10(2)12-5-3-4-6-15(12)18-21(19,20)11-7-8-14(17)13(16)9-11/h3-10,18H,17H2,1-2H3. The topological polar surface area (TPSA) is 72.2 Å². The number of benzene rings is 2. The van der Waals surface area contributed by atoms with Crippen molar-refractivity contribution in [1.82, 2.24) is 0 Å². The number of sulfonamides is 1. The second-order valence-electron chi connectivity index (χ2n) is 5.03. The number of anilines is 2. The van der Waals surface area contributed by atoms with Crippen LogP contribution in [0.1, 0.15) is 25.3 Å². The molecule has 0 aliphatic carbocycles. The van der Waals surface area contributed by atoms with E-state index in [4.69, 9.17) is 5.73 Å². The van der Waals surface area contributed by atoms with Gasteiger partial charge in [-0.25, -0.2) is 12.8 Å². The zero-order valence-corrected chi connectivity index (χ0v) is 12.6. The summed E-state index contributed by atoms with van der Waals surface area (Å²) in [5, 5.41) is 0. The molecule has 0 unspecified atom stereocenters. The molecule has 2 aromatic carbocycles. The van der Waals surface area contributed by atoms with Gasteiger partial charge < -0.3 is 5.73 Å². The summed E-state index contributed by atoms with van der Waals surface area (Å²) >= 11 is 0. The fourth-order valence-electron chi connectivity index (χ4n) is 1.97. The molecule has 0 fully saturated rings. The SMILES string of the molecule is CC(C)c1ccccc1NS(=O)(=O)c1ccc(N)c(F)c1. The van der Waals surface area contributed by atoms with Crippen molar-refractivity contribution in [2.24, 2.45) is 0 Å². The third-order valence-electron chi connectivity index (χ3n) is 3.11. The van der Waals surface area contributed by atoms with E-state index in [2.05, 4.69) is 4.72 Å². The van der Waals surface area contributed by atoms with Gasteiger partial charge in [-0.1, -0.05) is 32.0 Å². The molecule has 21 heavy (non-hydrogen) atoms. The molecule has 3 N–H and O–H groups in total. The molecular weight excluding hydrogens is 291 g/mol. The van der Waals surface area contributed by atoms with Crippen LogP contribution in [0.15, 0.2) is 47.4 Å². The maximum absolute atomic E-state index is 13.4. The second kappa shape index (κ2) is 5.73. The van der Waals surface area contributed by atoms with Crippen molar-refractivity contribution in [3.05, 3.63) is 53.8 Å². The maximum atomic E-state index is 13.4. The largest absolute Gasteiger partial charge is 0.396 e. The van der Waals surface area contributed by atoms with E-state index in [0.717, 1.165) is 11.6 Å². The number of halogens is 1. The van der Waals surface area contributed by atoms with E-state index in [1.807, 2.05) is 26.0 Å². The Morgan fingerprint density at radius 1 is 1.14 bits per heavy atom. The average Bonchev–Trinajstić information content (AvgIpc) is 2.41. The Kier molecular flexibility index (Phi) is 4.18. The molecule has 0 bridgehead atoms. The summed E-state index contributed by atoms with van der Waals surface area (Å²) in [6.45, 7) is 3.94. The molecule has 0 aromatic heterocycles. The minimum Gasteiger partial charge on any atom is -0.396 e. The third-order valence-corrected chi connectivity index (χ3v) is 4.47. The third kappa shape index (κ3) is 3.33. The Morgan fingerprint density at radius 3 is 2.43 bits per heavy atom. The molecule has 0 saturated carbocycles. The smallest absolute Gasteiger partial charge is 0.262 e. The number of nitrogens with two attached hydrogens (primary N) is 1. The molecule has 0 amide bonds. The highest BCUT2D eigenvalue weighted by molar-refractivity contribution is 7.92. The lowest BCUT2D eigenvalue weighted by Crippen LogP contribution is -2.15. The first-order valence-electron chi connectivity index (χ1n) is 6.48. The second-order valence-corrected chi connectivity index (χ2v) is 6.71. The molecule has 0 radical (unpaired) electrons. The lowest BCUT2D eigenvalue weighted by Gasteiger charge is -2.15. The van der Waals surface area contributed by atoms with Crippen LogP contribution in [0.4, 0.5) is 15.8 Å². The van der Waals surface area contributed by atoms with Crippen molar-refractivity contribution < 1.29 is 12.8 Å². The highest BCUT2D eigenvalue weighted by atomic mass is 32.2. The van der Waals surface area contributed by atoms with E-state index < -0.39 is 15.8 Å². The molecule has 0 spiro atoms. The van der Waals surface area contributed by atoms with Gasteiger partial charge in [0.15, 0.2) is 0 Å². The predicted octanol–water partition coefficient (Wildman–Crippen LogP) is 3.33. The number of nitrogen functional groups attached to an aromatic ring is 1. The molecule has 0 heterocycles. The summed E-state index contributed by atoms with van der Waals surface area (Å²) in [7, 11) is -3.85. The number of hydrogen-bond acceptors (Lipinski definition) is 3. The van der Waals surface area contributed by atoms with Crippen LogP contribution >= 0.6 is 0 Å². The average molecular weight is 308 g/mol. The monoisotopic (exact) mass is 308 g/mol. The molecule has 0 atom stereocenters. The van der Waals surface area contributed by atoms with Crippen molar-refractivity contribution in [2.75, 3.05) is 10.5 Å². The van der Waals surface area contributed by atoms with E-state index in [1.54, 1.807) is 12.1 Å². The Balaban J connectivity index is 2.40.